The van der Waals surface area contributed by atoms with Crippen molar-refractivity contribution in [3.63, 3.8) is 0 Å². The summed E-state index contributed by atoms with van der Waals surface area (Å²) < 4.78 is 0. The van der Waals surface area contributed by atoms with E-state index in [0.29, 0.717) is 6.42 Å². The van der Waals surface area contributed by atoms with E-state index >= 15 is 0 Å². The molecule has 1 N–H and O–H groups in total. The molecule has 2 aromatic rings. The van der Waals surface area contributed by atoms with E-state index in [1.807, 2.05) is 63.2 Å². The van der Waals surface area contributed by atoms with Crippen molar-refractivity contribution in [2.24, 2.45) is 0 Å². The first-order chi connectivity index (χ1) is 11.4. The van der Waals surface area contributed by atoms with Gasteiger partial charge in [0, 0.05) is 12.7 Å². The number of nitrogens with one attached hydrogen (secondary N) is 1. The first-order valence-corrected chi connectivity index (χ1v) is 8.02. The molecule has 0 spiro atoms. The molecule has 0 aliphatic heterocycles. The van der Waals surface area contributed by atoms with Crippen LogP contribution in [-0.2, 0) is 16.0 Å². The minimum absolute atomic E-state index is 0.0401. The highest BCUT2D eigenvalue weighted by Gasteiger charge is 2.15. The van der Waals surface area contributed by atoms with Crippen LogP contribution in [0.1, 0.15) is 22.3 Å². The van der Waals surface area contributed by atoms with Gasteiger partial charge in [0.05, 0.1) is 13.0 Å². The van der Waals surface area contributed by atoms with Gasteiger partial charge in [-0.25, -0.2) is 0 Å². The van der Waals surface area contributed by atoms with Crippen LogP contribution >= 0.6 is 0 Å². The number of nitrogens with zero attached hydrogens (tertiary/aromatic N) is 1. The summed E-state index contributed by atoms with van der Waals surface area (Å²) in [5.74, 6) is -0.261. The van der Waals surface area contributed by atoms with Crippen LogP contribution in [0, 0.1) is 20.8 Å². The third-order valence-electron chi connectivity index (χ3n) is 3.95. The Balaban J connectivity index is 1.96. The summed E-state index contributed by atoms with van der Waals surface area (Å²) in [6.07, 6.45) is 0.299. The number of anilines is 1. The molecule has 0 unspecified atom stereocenters. The third kappa shape index (κ3) is 4.69. The second-order valence-corrected chi connectivity index (χ2v) is 6.23. The number of rotatable bonds is 5. The van der Waals surface area contributed by atoms with Gasteiger partial charge < -0.3 is 10.2 Å². The normalized spacial score (nSPS) is 10.3. The summed E-state index contributed by atoms with van der Waals surface area (Å²) in [5.41, 5.74) is 4.99. The lowest BCUT2D eigenvalue weighted by molar-refractivity contribution is -0.132. The van der Waals surface area contributed by atoms with Crippen LogP contribution < -0.4 is 5.32 Å². The second kappa shape index (κ2) is 7.77. The highest BCUT2D eigenvalue weighted by Crippen LogP contribution is 2.21. The second-order valence-electron chi connectivity index (χ2n) is 6.23. The zero-order valence-electron chi connectivity index (χ0n) is 14.7. The Morgan fingerprint density at radius 3 is 2.17 bits per heavy atom. The van der Waals surface area contributed by atoms with E-state index in [0.717, 1.165) is 27.9 Å². The molecule has 0 atom stereocenters. The number of hydrogen-bond donors (Lipinski definition) is 1. The van der Waals surface area contributed by atoms with Crippen LogP contribution in [0.4, 0.5) is 5.69 Å². The molecular formula is C20H24N2O2. The van der Waals surface area contributed by atoms with Gasteiger partial charge in [0.2, 0.25) is 11.8 Å². The van der Waals surface area contributed by atoms with Gasteiger partial charge in [-0.1, -0.05) is 48.0 Å². The van der Waals surface area contributed by atoms with E-state index < -0.39 is 0 Å². The Kier molecular flexibility index (Phi) is 5.74. The molecule has 0 aliphatic carbocycles. The van der Waals surface area contributed by atoms with Crippen LogP contribution in [0.25, 0.3) is 0 Å². The average Bonchev–Trinajstić information content (AvgIpc) is 2.51. The smallest absolute Gasteiger partial charge is 0.243 e. The van der Waals surface area contributed by atoms with Crippen molar-refractivity contribution >= 4 is 17.5 Å². The van der Waals surface area contributed by atoms with Gasteiger partial charge in [0.25, 0.3) is 0 Å². The van der Waals surface area contributed by atoms with Gasteiger partial charge in [-0.3, -0.25) is 9.59 Å². The number of hydrogen-bond acceptors (Lipinski definition) is 2. The molecule has 0 saturated carbocycles. The first-order valence-electron chi connectivity index (χ1n) is 8.02. The standard InChI is InChI=1S/C20H24N2O2/c1-14-10-15(2)20(16(3)11-14)21-18(23)13-22(4)19(24)12-17-8-6-5-7-9-17/h5-11H,12-13H2,1-4H3,(H,21,23). The molecule has 0 radical (unpaired) electrons. The molecular weight excluding hydrogens is 300 g/mol. The highest BCUT2D eigenvalue weighted by molar-refractivity contribution is 5.96. The van der Waals surface area contributed by atoms with E-state index in [1.165, 1.54) is 4.90 Å². The van der Waals surface area contributed by atoms with Crippen LogP contribution in [0.2, 0.25) is 0 Å². The van der Waals surface area contributed by atoms with Crippen molar-refractivity contribution in [1.82, 2.24) is 4.90 Å². The summed E-state index contributed by atoms with van der Waals surface area (Å²) >= 11 is 0. The molecule has 4 heteroatoms. The zero-order chi connectivity index (χ0) is 17.7. The SMILES string of the molecule is Cc1cc(C)c(NC(=O)CN(C)C(=O)Cc2ccccc2)c(C)c1. The number of carbonyl (C=O) groups is 2. The van der Waals surface area contributed by atoms with Gasteiger partial charge in [-0.15, -0.1) is 0 Å². The van der Waals surface area contributed by atoms with Crippen molar-refractivity contribution in [1.29, 1.82) is 0 Å². The number of benzene rings is 2. The van der Waals surface area contributed by atoms with Gasteiger partial charge in [-0.05, 0) is 37.5 Å². The molecule has 2 amide bonds. The van der Waals surface area contributed by atoms with Crippen molar-refractivity contribution < 1.29 is 9.59 Å². The minimum atomic E-state index is -0.186. The molecule has 24 heavy (non-hydrogen) atoms. The molecule has 0 aromatic heterocycles. The van der Waals surface area contributed by atoms with Gasteiger partial charge in [-0.2, -0.15) is 0 Å². The highest BCUT2D eigenvalue weighted by atomic mass is 16.2. The molecule has 0 saturated heterocycles. The quantitative estimate of drug-likeness (QED) is 0.918. The van der Waals surface area contributed by atoms with Gasteiger partial charge in [0.1, 0.15) is 0 Å². The fourth-order valence-electron chi connectivity index (χ4n) is 2.77. The summed E-state index contributed by atoms with van der Waals surface area (Å²) in [5, 5.41) is 2.92. The Bertz CT molecular complexity index is 716. The number of amides is 2. The third-order valence-corrected chi connectivity index (χ3v) is 3.95. The lowest BCUT2D eigenvalue weighted by Gasteiger charge is -2.18. The fourth-order valence-corrected chi connectivity index (χ4v) is 2.77. The van der Waals surface area contributed by atoms with Crippen LogP contribution in [0.15, 0.2) is 42.5 Å². The Labute approximate surface area is 143 Å². The first kappa shape index (κ1) is 17.7. The molecule has 0 fully saturated rings. The van der Waals surface area contributed by atoms with Gasteiger partial charge >= 0.3 is 0 Å². The van der Waals surface area contributed by atoms with Crippen LogP contribution in [0.3, 0.4) is 0 Å². The van der Waals surface area contributed by atoms with Crippen molar-refractivity contribution in [2.75, 3.05) is 18.9 Å². The van der Waals surface area contributed by atoms with Crippen molar-refractivity contribution in [3.8, 4) is 0 Å². The lowest BCUT2D eigenvalue weighted by atomic mass is 10.1. The topological polar surface area (TPSA) is 49.4 Å². The van der Waals surface area contributed by atoms with E-state index in [4.69, 9.17) is 0 Å². The minimum Gasteiger partial charge on any atom is -0.336 e. The molecule has 4 nitrogen and oxygen atoms in total. The fraction of sp³-hybridized carbons (Fsp3) is 0.300. The number of likely N-dealkylation sites (N-methyl/N-ethyl adjacent to an activating group) is 1. The van der Waals surface area contributed by atoms with Crippen LogP contribution in [-0.4, -0.2) is 30.3 Å². The largest absolute Gasteiger partial charge is 0.336 e. The number of aryl methyl sites for hydroxylation is 3. The molecule has 0 heterocycles. The number of carbonyl (C=O) groups excluding carboxylic acids is 2. The maximum absolute atomic E-state index is 12.3. The van der Waals surface area contributed by atoms with E-state index in [9.17, 15) is 9.59 Å². The van der Waals surface area contributed by atoms with Crippen molar-refractivity contribution in [2.45, 2.75) is 27.2 Å². The summed E-state index contributed by atoms with van der Waals surface area (Å²) in [6, 6.07) is 13.6. The van der Waals surface area contributed by atoms with E-state index in [-0.39, 0.29) is 18.4 Å². The van der Waals surface area contributed by atoms with Gasteiger partial charge in [0.15, 0.2) is 0 Å². The van der Waals surface area contributed by atoms with E-state index in [1.54, 1.807) is 7.05 Å². The molecule has 2 aromatic carbocycles. The molecule has 126 valence electrons. The van der Waals surface area contributed by atoms with Crippen molar-refractivity contribution in [3.05, 3.63) is 64.7 Å². The Morgan fingerprint density at radius 2 is 1.58 bits per heavy atom. The van der Waals surface area contributed by atoms with Crippen LogP contribution in [0.5, 0.6) is 0 Å². The maximum atomic E-state index is 12.3. The summed E-state index contributed by atoms with van der Waals surface area (Å²) in [7, 11) is 1.65. The monoisotopic (exact) mass is 324 g/mol. The molecule has 0 bridgehead atoms. The summed E-state index contributed by atoms with van der Waals surface area (Å²) in [6.45, 7) is 6.01. The zero-order valence-corrected chi connectivity index (χ0v) is 14.7. The summed E-state index contributed by atoms with van der Waals surface area (Å²) in [4.78, 5) is 25.9. The Hall–Kier alpha value is -2.62. The van der Waals surface area contributed by atoms with E-state index in [2.05, 4.69) is 5.32 Å². The predicted octanol–water partition coefficient (Wildman–Crippen LogP) is 3.25. The molecule has 0 aliphatic rings. The predicted molar refractivity (Wildman–Crippen MR) is 97.1 cm³/mol. The maximum Gasteiger partial charge on any atom is 0.243 e. The lowest BCUT2D eigenvalue weighted by Crippen LogP contribution is -2.36. The molecule has 2 rings (SSSR count). The average molecular weight is 324 g/mol. The Morgan fingerprint density at radius 1 is 1.00 bits per heavy atom.